The number of pyridine rings is 1. The van der Waals surface area contributed by atoms with Crippen LogP contribution in [-0.4, -0.2) is 11.5 Å². The number of rotatable bonds is 0. The van der Waals surface area contributed by atoms with Crippen LogP contribution in [0.1, 0.15) is 11.3 Å². The molecule has 1 aliphatic heterocycles. The Kier molecular flexibility index (Phi) is 2.04. The molecule has 0 amide bonds. The molecule has 3 nitrogen and oxygen atoms in total. The van der Waals surface area contributed by atoms with Crippen molar-refractivity contribution in [2.75, 3.05) is 6.54 Å². The molecule has 0 spiro atoms. The molecule has 2 N–H and O–H groups in total. The highest BCUT2D eigenvalue weighted by Crippen LogP contribution is 2.15. The van der Waals surface area contributed by atoms with Gasteiger partial charge in [-0.2, -0.15) is 0 Å². The van der Waals surface area contributed by atoms with E-state index in [1.807, 2.05) is 0 Å². The van der Waals surface area contributed by atoms with Crippen molar-refractivity contribution in [2.45, 2.75) is 13.0 Å². The first-order valence-electron chi connectivity index (χ1n) is 5.30. The molecular weight excluding hydrogens is 207 g/mol. The van der Waals surface area contributed by atoms with Crippen LogP contribution in [0.15, 0.2) is 23.0 Å². The van der Waals surface area contributed by atoms with Crippen LogP contribution in [0, 0.1) is 5.82 Å². The predicted octanol–water partition coefficient (Wildman–Crippen LogP) is 1.31. The summed E-state index contributed by atoms with van der Waals surface area (Å²) in [6, 6.07) is 4.28. The van der Waals surface area contributed by atoms with Gasteiger partial charge in [0.25, 0.3) is 0 Å². The number of hydrogen-bond donors (Lipinski definition) is 2. The monoisotopic (exact) mass is 218 g/mol. The highest BCUT2D eigenvalue weighted by atomic mass is 19.1. The van der Waals surface area contributed by atoms with Gasteiger partial charge in [-0.15, -0.1) is 0 Å². The van der Waals surface area contributed by atoms with E-state index in [4.69, 9.17) is 0 Å². The highest BCUT2D eigenvalue weighted by Gasteiger charge is 2.15. The number of nitrogens with one attached hydrogen (secondary N) is 2. The SMILES string of the molecule is O=c1c2c([nH]c3ccc(F)cc13)CCNC2. The second kappa shape index (κ2) is 3.42. The minimum Gasteiger partial charge on any atom is -0.358 e. The third-order valence-corrected chi connectivity index (χ3v) is 3.00. The Labute approximate surface area is 91.3 Å². The van der Waals surface area contributed by atoms with Gasteiger partial charge in [0.2, 0.25) is 0 Å². The van der Waals surface area contributed by atoms with E-state index in [9.17, 15) is 9.18 Å². The second-order valence-corrected chi connectivity index (χ2v) is 4.03. The average molecular weight is 218 g/mol. The topological polar surface area (TPSA) is 44.9 Å². The van der Waals surface area contributed by atoms with Gasteiger partial charge in [0.15, 0.2) is 5.43 Å². The van der Waals surface area contributed by atoms with Crippen LogP contribution in [-0.2, 0) is 13.0 Å². The van der Waals surface area contributed by atoms with Gasteiger partial charge in [-0.25, -0.2) is 4.39 Å². The molecule has 0 fully saturated rings. The van der Waals surface area contributed by atoms with Crippen LogP contribution in [0.25, 0.3) is 10.9 Å². The third kappa shape index (κ3) is 1.34. The van der Waals surface area contributed by atoms with E-state index in [2.05, 4.69) is 10.3 Å². The van der Waals surface area contributed by atoms with Gasteiger partial charge in [-0.05, 0) is 18.2 Å². The summed E-state index contributed by atoms with van der Waals surface area (Å²) in [5.41, 5.74) is 2.37. The number of H-pyrrole nitrogens is 1. The number of hydrogen-bond acceptors (Lipinski definition) is 2. The zero-order valence-electron chi connectivity index (χ0n) is 8.64. The van der Waals surface area contributed by atoms with Crippen LogP contribution >= 0.6 is 0 Å². The molecule has 3 rings (SSSR count). The molecule has 0 saturated heterocycles. The summed E-state index contributed by atoms with van der Waals surface area (Å²) in [5, 5.41) is 3.58. The standard InChI is InChI=1S/C12H11FN2O/c13-7-1-2-10-8(5-7)12(16)9-6-14-4-3-11(9)15-10/h1-2,5,14H,3-4,6H2,(H,15,16). The number of fused-ring (bicyclic) bond motifs is 2. The van der Waals surface area contributed by atoms with Crippen molar-refractivity contribution in [1.82, 2.24) is 10.3 Å². The van der Waals surface area contributed by atoms with Crippen LogP contribution in [0.3, 0.4) is 0 Å². The fourth-order valence-corrected chi connectivity index (χ4v) is 2.18. The van der Waals surface area contributed by atoms with Gasteiger partial charge >= 0.3 is 0 Å². The highest BCUT2D eigenvalue weighted by molar-refractivity contribution is 5.79. The molecule has 1 aromatic carbocycles. The molecule has 1 aliphatic rings. The fourth-order valence-electron chi connectivity index (χ4n) is 2.18. The summed E-state index contributed by atoms with van der Waals surface area (Å²) in [7, 11) is 0. The smallest absolute Gasteiger partial charge is 0.194 e. The molecule has 1 aromatic heterocycles. The van der Waals surface area contributed by atoms with Crippen molar-refractivity contribution in [2.24, 2.45) is 0 Å². The van der Waals surface area contributed by atoms with Crippen LogP contribution < -0.4 is 10.7 Å². The molecule has 2 heterocycles. The minimum atomic E-state index is -0.373. The van der Waals surface area contributed by atoms with Gasteiger partial charge in [0, 0.05) is 41.7 Å². The normalized spacial score (nSPS) is 15.1. The van der Waals surface area contributed by atoms with Gasteiger partial charge < -0.3 is 10.3 Å². The summed E-state index contributed by atoms with van der Waals surface area (Å²) in [5.74, 6) is -0.373. The number of aromatic amines is 1. The first kappa shape index (κ1) is 9.54. The average Bonchev–Trinajstić information content (AvgIpc) is 2.31. The summed E-state index contributed by atoms with van der Waals surface area (Å²) in [6.07, 6.45) is 0.817. The summed E-state index contributed by atoms with van der Waals surface area (Å²) in [6.45, 7) is 1.44. The van der Waals surface area contributed by atoms with E-state index in [1.54, 1.807) is 6.07 Å². The molecule has 0 unspecified atom stereocenters. The maximum atomic E-state index is 13.1. The van der Waals surface area contributed by atoms with Crippen molar-refractivity contribution in [3.63, 3.8) is 0 Å². The molecule has 2 aromatic rings. The molecule has 0 saturated carbocycles. The molecule has 0 radical (unpaired) electrons. The second-order valence-electron chi connectivity index (χ2n) is 4.03. The Morgan fingerprint density at radius 1 is 1.31 bits per heavy atom. The zero-order chi connectivity index (χ0) is 11.1. The molecule has 82 valence electrons. The summed E-state index contributed by atoms with van der Waals surface area (Å²) in [4.78, 5) is 15.3. The first-order chi connectivity index (χ1) is 7.75. The molecule has 16 heavy (non-hydrogen) atoms. The van der Waals surface area contributed by atoms with Crippen molar-refractivity contribution in [1.29, 1.82) is 0 Å². The molecule has 0 bridgehead atoms. The van der Waals surface area contributed by atoms with Crippen LogP contribution in [0.5, 0.6) is 0 Å². The number of benzene rings is 1. The summed E-state index contributed by atoms with van der Waals surface area (Å²) >= 11 is 0. The lowest BCUT2D eigenvalue weighted by molar-refractivity contribution is 0.624. The molecule has 0 atom stereocenters. The van der Waals surface area contributed by atoms with Crippen molar-refractivity contribution >= 4 is 10.9 Å². The first-order valence-corrected chi connectivity index (χ1v) is 5.30. The van der Waals surface area contributed by atoms with E-state index in [0.29, 0.717) is 17.4 Å². The lowest BCUT2D eigenvalue weighted by Crippen LogP contribution is -2.30. The Hall–Kier alpha value is -1.68. The Morgan fingerprint density at radius 2 is 2.19 bits per heavy atom. The van der Waals surface area contributed by atoms with Crippen LogP contribution in [0.4, 0.5) is 4.39 Å². The lowest BCUT2D eigenvalue weighted by Gasteiger charge is -2.17. The van der Waals surface area contributed by atoms with E-state index in [-0.39, 0.29) is 11.2 Å². The molecule has 4 heteroatoms. The zero-order valence-corrected chi connectivity index (χ0v) is 8.64. The largest absolute Gasteiger partial charge is 0.358 e. The Bertz CT molecular complexity index is 618. The maximum Gasteiger partial charge on any atom is 0.194 e. The quantitative estimate of drug-likeness (QED) is 0.700. The molecule has 0 aliphatic carbocycles. The fraction of sp³-hybridized carbons (Fsp3) is 0.250. The molecular formula is C12H11FN2O. The van der Waals surface area contributed by atoms with Crippen molar-refractivity contribution in [3.8, 4) is 0 Å². The van der Waals surface area contributed by atoms with Gasteiger partial charge in [0.1, 0.15) is 5.82 Å². The Balaban J connectivity index is 2.40. The van der Waals surface area contributed by atoms with Crippen molar-refractivity contribution in [3.05, 3.63) is 45.5 Å². The van der Waals surface area contributed by atoms with Crippen molar-refractivity contribution < 1.29 is 4.39 Å². The summed E-state index contributed by atoms with van der Waals surface area (Å²) < 4.78 is 13.1. The number of aromatic nitrogens is 1. The third-order valence-electron chi connectivity index (χ3n) is 3.00. The van der Waals surface area contributed by atoms with Gasteiger partial charge in [0.05, 0.1) is 0 Å². The van der Waals surface area contributed by atoms with E-state index in [1.165, 1.54) is 12.1 Å². The number of halogens is 1. The predicted molar refractivity (Wildman–Crippen MR) is 59.9 cm³/mol. The van der Waals surface area contributed by atoms with E-state index in [0.717, 1.165) is 24.2 Å². The lowest BCUT2D eigenvalue weighted by atomic mass is 10.0. The van der Waals surface area contributed by atoms with Gasteiger partial charge in [-0.1, -0.05) is 0 Å². The van der Waals surface area contributed by atoms with Crippen LogP contribution in [0.2, 0.25) is 0 Å². The van der Waals surface area contributed by atoms with Gasteiger partial charge in [-0.3, -0.25) is 4.79 Å². The Morgan fingerprint density at radius 3 is 3.06 bits per heavy atom. The maximum absolute atomic E-state index is 13.1. The van der Waals surface area contributed by atoms with E-state index < -0.39 is 0 Å². The van der Waals surface area contributed by atoms with E-state index >= 15 is 0 Å². The minimum absolute atomic E-state index is 0.0598.